The molecule has 2 aromatic carbocycles. The van der Waals surface area contributed by atoms with E-state index in [2.05, 4.69) is 34.2 Å². The van der Waals surface area contributed by atoms with Crippen molar-refractivity contribution >= 4 is 35.4 Å². The van der Waals surface area contributed by atoms with Gasteiger partial charge >= 0.3 is 0 Å². The van der Waals surface area contributed by atoms with Gasteiger partial charge in [0.15, 0.2) is 11.7 Å². The van der Waals surface area contributed by atoms with Gasteiger partial charge in [-0.1, -0.05) is 74.5 Å². The number of Topliss-reactive ketones (excluding diaryl/α,β-unsaturated/α-hetero) is 1. The lowest BCUT2D eigenvalue weighted by Gasteiger charge is -2.34. The van der Waals surface area contributed by atoms with Crippen LogP contribution in [-0.2, 0) is 24.0 Å². The van der Waals surface area contributed by atoms with Crippen LogP contribution >= 0.6 is 0 Å². The van der Waals surface area contributed by atoms with E-state index in [0.29, 0.717) is 71.2 Å². The summed E-state index contributed by atoms with van der Waals surface area (Å²) in [6, 6.07) is 19.7. The van der Waals surface area contributed by atoms with Gasteiger partial charge in [-0.25, -0.2) is 0 Å². The molecule has 0 aromatic heterocycles. The lowest BCUT2D eigenvalue weighted by Crippen LogP contribution is -2.53. The van der Waals surface area contributed by atoms with Crippen molar-refractivity contribution in [2.75, 3.05) is 65.4 Å². The van der Waals surface area contributed by atoms with Gasteiger partial charge in [-0.05, 0) is 76.0 Å². The molecule has 306 valence electrons. The van der Waals surface area contributed by atoms with E-state index in [4.69, 9.17) is 11.5 Å². The van der Waals surface area contributed by atoms with Crippen molar-refractivity contribution in [1.29, 1.82) is 0 Å². The second kappa shape index (κ2) is 22.1. The zero-order valence-corrected chi connectivity index (χ0v) is 34.0. The number of aliphatic imine (C=N–C) groups is 1. The third kappa shape index (κ3) is 13.5. The smallest absolute Gasteiger partial charge is 0.242 e. The number of hydrogen-bond acceptors (Lipinski definition) is 7. The third-order valence-corrected chi connectivity index (χ3v) is 10.6. The lowest BCUT2D eigenvalue weighted by atomic mass is 9.90. The molecule has 56 heavy (non-hydrogen) atoms. The van der Waals surface area contributed by atoms with Gasteiger partial charge in [0.25, 0.3) is 0 Å². The summed E-state index contributed by atoms with van der Waals surface area (Å²) in [5.41, 5.74) is 13.3. The Morgan fingerprint density at radius 1 is 0.696 bits per heavy atom. The summed E-state index contributed by atoms with van der Waals surface area (Å²) in [6.07, 6.45) is 4.07. The second-order valence-electron chi connectivity index (χ2n) is 15.9. The van der Waals surface area contributed by atoms with Crippen LogP contribution in [-0.4, -0.2) is 137 Å². The Morgan fingerprint density at radius 3 is 1.93 bits per heavy atom. The molecule has 4 N–H and O–H groups in total. The summed E-state index contributed by atoms with van der Waals surface area (Å²) >= 11 is 0. The van der Waals surface area contributed by atoms with E-state index in [1.54, 1.807) is 9.80 Å². The molecule has 2 heterocycles. The molecule has 0 radical (unpaired) electrons. The quantitative estimate of drug-likeness (QED) is 0.188. The molecular weight excluding hydrogens is 709 g/mol. The van der Waals surface area contributed by atoms with Crippen LogP contribution in [0.25, 0.3) is 0 Å². The minimum absolute atomic E-state index is 0.0154. The lowest BCUT2D eigenvalue weighted by molar-refractivity contribution is -0.148. The number of rotatable bonds is 12. The largest absolute Gasteiger partial charge is 0.370 e. The molecule has 0 saturated carbocycles. The van der Waals surface area contributed by atoms with Crippen LogP contribution in [0.4, 0.5) is 0 Å². The van der Waals surface area contributed by atoms with E-state index in [0.717, 1.165) is 17.5 Å². The van der Waals surface area contributed by atoms with Crippen LogP contribution in [0, 0.1) is 5.92 Å². The number of fused-ring (bicyclic) bond motifs is 1. The molecule has 2 aliphatic rings. The molecule has 13 nitrogen and oxygen atoms in total. The van der Waals surface area contributed by atoms with Gasteiger partial charge < -0.3 is 31.1 Å². The van der Waals surface area contributed by atoms with Crippen molar-refractivity contribution in [1.82, 2.24) is 24.5 Å². The van der Waals surface area contributed by atoms with Gasteiger partial charge in [-0.3, -0.25) is 33.9 Å². The zero-order chi connectivity index (χ0) is 40.6. The summed E-state index contributed by atoms with van der Waals surface area (Å²) in [7, 11) is 0. The maximum atomic E-state index is 14.4. The molecule has 0 aliphatic carbocycles. The van der Waals surface area contributed by atoms with Crippen LogP contribution in [0.1, 0.15) is 89.7 Å². The molecule has 2 aromatic rings. The zero-order valence-electron chi connectivity index (χ0n) is 34.0. The van der Waals surface area contributed by atoms with E-state index in [9.17, 15) is 24.0 Å². The molecular formula is C43H64N8O5. The first kappa shape index (κ1) is 43.9. The van der Waals surface area contributed by atoms with Crippen molar-refractivity contribution in [3.05, 3.63) is 71.8 Å². The van der Waals surface area contributed by atoms with Gasteiger partial charge in [0.2, 0.25) is 23.6 Å². The standard InChI is InChI=1S/C43H64N8O5/c1-32(2)26-49-29-40(54)48(24-14-12-22-46-43(44)45)30-41(55)51(33(3)4)31-42(56)50-25-15-20-37(50)38(52)21-11-13-23-47(28-39(49)53)27-36(34-16-7-5-8-17-34)35-18-9-6-10-19-35/h5-10,16-19,32-33,36-37H,11-15,20-31H2,1-4H3,(H4,44,45,46). The van der Waals surface area contributed by atoms with Crippen LogP contribution < -0.4 is 11.5 Å². The Morgan fingerprint density at radius 2 is 1.32 bits per heavy atom. The first-order valence-corrected chi connectivity index (χ1v) is 20.4. The molecule has 4 amide bonds. The van der Waals surface area contributed by atoms with Crippen molar-refractivity contribution in [3.8, 4) is 0 Å². The topological polar surface area (TPSA) is 166 Å². The summed E-state index contributed by atoms with van der Waals surface area (Å²) in [5, 5.41) is 0. The number of guanidine groups is 1. The van der Waals surface area contributed by atoms with Gasteiger partial charge in [0.1, 0.15) is 6.54 Å². The molecule has 1 atom stereocenters. The van der Waals surface area contributed by atoms with Crippen LogP contribution in [0.3, 0.4) is 0 Å². The number of hydrogen-bond donors (Lipinski definition) is 2. The Kier molecular flexibility index (Phi) is 17.3. The van der Waals surface area contributed by atoms with E-state index in [1.165, 1.54) is 9.80 Å². The molecule has 0 spiro atoms. The van der Waals surface area contributed by atoms with Gasteiger partial charge in [0, 0.05) is 51.1 Å². The average molecular weight is 773 g/mol. The maximum Gasteiger partial charge on any atom is 0.242 e. The number of ketones is 1. The molecule has 0 bridgehead atoms. The number of benzene rings is 2. The van der Waals surface area contributed by atoms with Crippen LogP contribution in [0.5, 0.6) is 0 Å². The Balaban J connectivity index is 1.68. The summed E-state index contributed by atoms with van der Waals surface area (Å²) < 4.78 is 0. The van der Waals surface area contributed by atoms with E-state index in [-0.39, 0.29) is 86.0 Å². The monoisotopic (exact) mass is 772 g/mol. The molecule has 4 rings (SSSR count). The van der Waals surface area contributed by atoms with Crippen molar-refractivity contribution in [3.63, 3.8) is 0 Å². The van der Waals surface area contributed by atoms with Crippen LogP contribution in [0.15, 0.2) is 65.7 Å². The third-order valence-electron chi connectivity index (χ3n) is 10.6. The SMILES string of the molecule is CC(C)CN1CC(=O)N(CCCCN=C(N)N)CC(=O)N(C(C)C)CC(=O)N2CCCC2C(=O)CCCCN(CC(c2ccccc2)c2ccccc2)CC1=O. The highest BCUT2D eigenvalue weighted by molar-refractivity contribution is 5.93. The predicted octanol–water partition coefficient (Wildman–Crippen LogP) is 3.47. The van der Waals surface area contributed by atoms with Gasteiger partial charge in [0.05, 0.1) is 25.7 Å². The van der Waals surface area contributed by atoms with Gasteiger partial charge in [-0.15, -0.1) is 0 Å². The number of nitrogens with two attached hydrogens (primary N) is 2. The Bertz CT molecular complexity index is 1570. The fourth-order valence-corrected chi connectivity index (χ4v) is 7.68. The number of carbonyl (C=O) groups excluding carboxylic acids is 5. The van der Waals surface area contributed by atoms with Crippen molar-refractivity contribution in [2.24, 2.45) is 22.4 Å². The maximum absolute atomic E-state index is 14.4. The number of carbonyl (C=O) groups is 5. The van der Waals surface area contributed by atoms with E-state index >= 15 is 0 Å². The molecule has 1 unspecified atom stereocenters. The Hall–Kier alpha value is -4.78. The first-order chi connectivity index (χ1) is 26.8. The minimum atomic E-state index is -0.514. The van der Waals surface area contributed by atoms with Crippen molar-refractivity contribution < 1.29 is 24.0 Å². The van der Waals surface area contributed by atoms with Crippen LogP contribution in [0.2, 0.25) is 0 Å². The predicted molar refractivity (Wildman–Crippen MR) is 220 cm³/mol. The van der Waals surface area contributed by atoms with Crippen molar-refractivity contribution in [2.45, 2.75) is 90.6 Å². The normalized spacial score (nSPS) is 19.1. The number of unbranched alkanes of at least 4 members (excludes halogenated alkanes) is 1. The fourth-order valence-electron chi connectivity index (χ4n) is 7.68. The second-order valence-corrected chi connectivity index (χ2v) is 15.9. The highest BCUT2D eigenvalue weighted by Crippen LogP contribution is 2.27. The van der Waals surface area contributed by atoms with E-state index < -0.39 is 6.04 Å². The molecule has 2 fully saturated rings. The molecule has 2 aliphatic heterocycles. The van der Waals surface area contributed by atoms with E-state index in [1.807, 2.05) is 64.1 Å². The summed E-state index contributed by atoms with van der Waals surface area (Å²) in [6.45, 7) is 9.77. The Labute approximate surface area is 333 Å². The fraction of sp³-hybridized carbons (Fsp3) is 0.581. The summed E-state index contributed by atoms with van der Waals surface area (Å²) in [4.78, 5) is 82.4. The molecule has 2 saturated heterocycles. The average Bonchev–Trinajstić information content (AvgIpc) is 3.67. The molecule has 13 heteroatoms. The van der Waals surface area contributed by atoms with Gasteiger partial charge in [-0.2, -0.15) is 0 Å². The highest BCUT2D eigenvalue weighted by Gasteiger charge is 2.36. The number of nitrogens with zero attached hydrogens (tertiary/aromatic N) is 6. The first-order valence-electron chi connectivity index (χ1n) is 20.4. The summed E-state index contributed by atoms with van der Waals surface area (Å²) in [5.74, 6) is -1.06. The highest BCUT2D eigenvalue weighted by atomic mass is 16.2. The minimum Gasteiger partial charge on any atom is -0.370 e. The number of amides is 4.